The third-order valence-corrected chi connectivity index (χ3v) is 4.39. The molecular formula is C16H16ClN3O4. The highest BCUT2D eigenvalue weighted by Gasteiger charge is 2.25. The summed E-state index contributed by atoms with van der Waals surface area (Å²) in [5.74, 6) is -0.0603. The molecule has 2 aromatic rings. The summed E-state index contributed by atoms with van der Waals surface area (Å²) < 4.78 is 4.95. The zero-order valence-corrected chi connectivity index (χ0v) is 13.8. The van der Waals surface area contributed by atoms with Crippen LogP contribution in [0.1, 0.15) is 15.9 Å². The normalized spacial score (nSPS) is 14.8. The Kier molecular flexibility index (Phi) is 4.44. The van der Waals surface area contributed by atoms with Gasteiger partial charge in [-0.2, -0.15) is 0 Å². The molecule has 0 radical (unpaired) electrons. The molecule has 0 N–H and O–H groups in total. The lowest BCUT2D eigenvalue weighted by Gasteiger charge is -2.37. The topological polar surface area (TPSA) is 79.8 Å². The fourth-order valence-corrected chi connectivity index (χ4v) is 3.31. The summed E-state index contributed by atoms with van der Waals surface area (Å²) in [4.78, 5) is 26.6. The van der Waals surface area contributed by atoms with E-state index < -0.39 is 4.92 Å². The van der Waals surface area contributed by atoms with Gasteiger partial charge in [0.05, 0.1) is 27.5 Å². The van der Waals surface area contributed by atoms with Crippen molar-refractivity contribution in [2.45, 2.75) is 6.92 Å². The van der Waals surface area contributed by atoms with E-state index in [1.165, 1.54) is 24.7 Å². The number of non-ortho nitro benzene ring substituents is 1. The number of halogens is 1. The summed E-state index contributed by atoms with van der Waals surface area (Å²) in [6.45, 7) is 4.13. The van der Waals surface area contributed by atoms with E-state index in [9.17, 15) is 14.9 Å². The maximum atomic E-state index is 12.3. The molecule has 0 saturated carbocycles. The van der Waals surface area contributed by atoms with Crippen LogP contribution in [-0.4, -0.2) is 41.9 Å². The predicted octanol–water partition coefficient (Wildman–Crippen LogP) is 3.11. The molecule has 0 spiro atoms. The molecule has 7 nitrogen and oxygen atoms in total. The third kappa shape index (κ3) is 3.07. The van der Waals surface area contributed by atoms with Crippen molar-refractivity contribution >= 4 is 28.9 Å². The monoisotopic (exact) mass is 349 g/mol. The molecular weight excluding hydrogens is 334 g/mol. The minimum Gasteiger partial charge on any atom is -0.472 e. The summed E-state index contributed by atoms with van der Waals surface area (Å²) in [7, 11) is 0. The Morgan fingerprint density at radius 2 is 2.00 bits per heavy atom. The second kappa shape index (κ2) is 6.52. The zero-order chi connectivity index (χ0) is 17.3. The minimum absolute atomic E-state index is 0.0185. The van der Waals surface area contributed by atoms with Gasteiger partial charge in [-0.05, 0) is 18.6 Å². The smallest absolute Gasteiger partial charge is 0.271 e. The SMILES string of the molecule is Cc1cc([N+](=O)[O-])cc(Cl)c1N1CCN(C(=O)c2ccoc2)CC1. The van der Waals surface area contributed by atoms with E-state index in [0.29, 0.717) is 36.8 Å². The van der Waals surface area contributed by atoms with Crippen molar-refractivity contribution in [1.82, 2.24) is 4.90 Å². The van der Waals surface area contributed by atoms with Crippen LogP contribution in [0, 0.1) is 17.0 Å². The number of furan rings is 1. The van der Waals surface area contributed by atoms with E-state index in [4.69, 9.17) is 16.0 Å². The van der Waals surface area contributed by atoms with Gasteiger partial charge in [0.2, 0.25) is 0 Å². The van der Waals surface area contributed by atoms with Crippen molar-refractivity contribution in [2.24, 2.45) is 0 Å². The Morgan fingerprint density at radius 3 is 2.54 bits per heavy atom. The third-order valence-electron chi connectivity index (χ3n) is 4.10. The average molecular weight is 350 g/mol. The molecule has 0 unspecified atom stereocenters. The van der Waals surface area contributed by atoms with Crippen LogP contribution in [0.25, 0.3) is 0 Å². The first-order valence-electron chi connectivity index (χ1n) is 7.48. The van der Waals surface area contributed by atoms with Crippen molar-refractivity contribution in [1.29, 1.82) is 0 Å². The van der Waals surface area contributed by atoms with E-state index in [-0.39, 0.29) is 11.6 Å². The number of carbonyl (C=O) groups is 1. The maximum Gasteiger partial charge on any atom is 0.271 e. The Bertz CT molecular complexity index is 745. The largest absolute Gasteiger partial charge is 0.472 e. The van der Waals surface area contributed by atoms with Crippen molar-refractivity contribution in [3.63, 3.8) is 0 Å². The van der Waals surface area contributed by atoms with Gasteiger partial charge in [-0.3, -0.25) is 14.9 Å². The van der Waals surface area contributed by atoms with Crippen LogP contribution in [0.4, 0.5) is 11.4 Å². The van der Waals surface area contributed by atoms with Crippen LogP contribution >= 0.6 is 11.6 Å². The van der Waals surface area contributed by atoms with Crippen LogP contribution in [0.2, 0.25) is 5.02 Å². The van der Waals surface area contributed by atoms with Crippen molar-refractivity contribution in [3.8, 4) is 0 Å². The fourth-order valence-electron chi connectivity index (χ4n) is 2.93. The number of aryl methyl sites for hydroxylation is 1. The summed E-state index contributed by atoms with van der Waals surface area (Å²) in [6, 6.07) is 4.53. The second-order valence-electron chi connectivity index (χ2n) is 5.64. The van der Waals surface area contributed by atoms with Crippen molar-refractivity contribution in [2.75, 3.05) is 31.1 Å². The number of rotatable bonds is 3. The lowest BCUT2D eigenvalue weighted by molar-refractivity contribution is -0.384. The van der Waals surface area contributed by atoms with E-state index in [0.717, 1.165) is 11.3 Å². The molecule has 1 saturated heterocycles. The van der Waals surface area contributed by atoms with Crippen molar-refractivity contribution in [3.05, 3.63) is 57.0 Å². The standard InChI is InChI=1S/C16H16ClN3O4/c1-11-8-13(20(22)23)9-14(17)15(11)18-3-5-19(6-4-18)16(21)12-2-7-24-10-12/h2,7-10H,3-6H2,1H3. The molecule has 1 aliphatic rings. The lowest BCUT2D eigenvalue weighted by Crippen LogP contribution is -2.49. The highest BCUT2D eigenvalue weighted by atomic mass is 35.5. The van der Waals surface area contributed by atoms with Gasteiger partial charge in [-0.25, -0.2) is 0 Å². The number of anilines is 1. The molecule has 0 atom stereocenters. The number of carbonyl (C=O) groups excluding carboxylic acids is 1. The van der Waals surface area contributed by atoms with E-state index >= 15 is 0 Å². The summed E-state index contributed by atoms with van der Waals surface area (Å²) in [5, 5.41) is 11.3. The van der Waals surface area contributed by atoms with Gasteiger partial charge in [0, 0.05) is 38.3 Å². The molecule has 0 aliphatic carbocycles. The first-order valence-corrected chi connectivity index (χ1v) is 7.86. The zero-order valence-electron chi connectivity index (χ0n) is 13.1. The van der Waals surface area contributed by atoms with Crippen LogP contribution in [0.5, 0.6) is 0 Å². The van der Waals surface area contributed by atoms with Gasteiger partial charge in [-0.15, -0.1) is 0 Å². The highest BCUT2D eigenvalue weighted by molar-refractivity contribution is 6.33. The molecule has 1 aromatic carbocycles. The van der Waals surface area contributed by atoms with Crippen LogP contribution < -0.4 is 4.90 Å². The molecule has 3 rings (SSSR count). The molecule has 126 valence electrons. The molecule has 24 heavy (non-hydrogen) atoms. The number of hydrogen-bond donors (Lipinski definition) is 0. The number of nitro benzene ring substituents is 1. The quantitative estimate of drug-likeness (QED) is 0.628. The minimum atomic E-state index is -0.454. The first-order chi connectivity index (χ1) is 11.5. The summed E-state index contributed by atoms with van der Waals surface area (Å²) in [6.07, 6.45) is 2.91. The Morgan fingerprint density at radius 1 is 1.29 bits per heavy atom. The second-order valence-corrected chi connectivity index (χ2v) is 6.05. The number of amides is 1. The Hall–Kier alpha value is -2.54. The highest BCUT2D eigenvalue weighted by Crippen LogP contribution is 2.34. The molecule has 1 amide bonds. The van der Waals surface area contributed by atoms with Crippen LogP contribution in [0.15, 0.2) is 35.1 Å². The number of nitrogens with zero attached hydrogens (tertiary/aromatic N) is 3. The molecule has 1 fully saturated rings. The van der Waals surface area contributed by atoms with E-state index in [2.05, 4.69) is 4.90 Å². The lowest BCUT2D eigenvalue weighted by atomic mass is 10.1. The van der Waals surface area contributed by atoms with Crippen LogP contribution in [-0.2, 0) is 0 Å². The van der Waals surface area contributed by atoms with Gasteiger partial charge in [0.15, 0.2) is 0 Å². The number of hydrogen-bond acceptors (Lipinski definition) is 5. The molecule has 1 aliphatic heterocycles. The number of benzene rings is 1. The molecule has 1 aromatic heterocycles. The van der Waals surface area contributed by atoms with Gasteiger partial charge >= 0.3 is 0 Å². The van der Waals surface area contributed by atoms with Gasteiger partial charge in [0.1, 0.15) is 6.26 Å². The van der Waals surface area contributed by atoms with E-state index in [1.807, 2.05) is 0 Å². The maximum absolute atomic E-state index is 12.3. The number of piperazine rings is 1. The predicted molar refractivity (Wildman–Crippen MR) is 89.7 cm³/mol. The number of nitro groups is 1. The van der Waals surface area contributed by atoms with Gasteiger partial charge in [0.25, 0.3) is 11.6 Å². The molecule has 0 bridgehead atoms. The average Bonchev–Trinajstić information content (AvgIpc) is 3.08. The van der Waals surface area contributed by atoms with Crippen LogP contribution in [0.3, 0.4) is 0 Å². The Balaban J connectivity index is 1.73. The summed E-state index contributed by atoms with van der Waals surface area (Å²) >= 11 is 6.25. The van der Waals surface area contributed by atoms with Gasteiger partial charge < -0.3 is 14.2 Å². The summed E-state index contributed by atoms with van der Waals surface area (Å²) in [5.41, 5.74) is 2.06. The van der Waals surface area contributed by atoms with Crippen molar-refractivity contribution < 1.29 is 14.1 Å². The molecule has 2 heterocycles. The first kappa shape index (κ1) is 16.3. The van der Waals surface area contributed by atoms with Gasteiger partial charge in [-0.1, -0.05) is 11.6 Å². The fraction of sp³-hybridized carbons (Fsp3) is 0.312. The molecule has 8 heteroatoms. The van der Waals surface area contributed by atoms with E-state index in [1.54, 1.807) is 17.9 Å². The Labute approximate surface area is 143 Å².